The summed E-state index contributed by atoms with van der Waals surface area (Å²) in [4.78, 5) is 26.6. The van der Waals surface area contributed by atoms with E-state index in [1.807, 2.05) is 45.0 Å². The average molecular weight is 462 g/mol. The molecule has 0 unspecified atom stereocenters. The second-order valence-electron chi connectivity index (χ2n) is 6.69. The van der Waals surface area contributed by atoms with Gasteiger partial charge in [-0.2, -0.15) is 0 Å². The fourth-order valence-corrected chi connectivity index (χ4v) is 4.09. The van der Waals surface area contributed by atoms with E-state index in [2.05, 4.69) is 0 Å². The Bertz CT molecular complexity index is 990. The monoisotopic (exact) mass is 461 g/mol. The van der Waals surface area contributed by atoms with Gasteiger partial charge in [-0.15, -0.1) is 0 Å². The standard InChI is InChI=1S/C23H24ClNO5S/c1-4-28-19-13-16(12-18(24)21(19)29-5-2)14-20-22(26)25(23(27)31-20)10-11-30-17-8-6-15(3)7-9-17/h6-9,12-14H,4-5,10-11H2,1-3H3/b20-14-. The van der Waals surface area contributed by atoms with E-state index >= 15 is 0 Å². The van der Waals surface area contributed by atoms with Crippen LogP contribution in [0.1, 0.15) is 25.0 Å². The summed E-state index contributed by atoms with van der Waals surface area (Å²) < 4.78 is 16.8. The Labute approximate surface area is 191 Å². The van der Waals surface area contributed by atoms with Crippen molar-refractivity contribution in [3.63, 3.8) is 0 Å². The molecule has 0 N–H and O–H groups in total. The Morgan fingerprint density at radius 2 is 1.74 bits per heavy atom. The van der Waals surface area contributed by atoms with Crippen LogP contribution in [0.25, 0.3) is 6.08 Å². The lowest BCUT2D eigenvalue weighted by atomic mass is 10.1. The summed E-state index contributed by atoms with van der Waals surface area (Å²) in [6.45, 7) is 6.99. The number of thioether (sulfide) groups is 1. The van der Waals surface area contributed by atoms with Gasteiger partial charge >= 0.3 is 0 Å². The summed E-state index contributed by atoms with van der Waals surface area (Å²) in [7, 11) is 0. The molecule has 2 aromatic carbocycles. The molecule has 0 saturated carbocycles. The van der Waals surface area contributed by atoms with Gasteiger partial charge in [-0.3, -0.25) is 14.5 Å². The molecular weight excluding hydrogens is 438 g/mol. The van der Waals surface area contributed by atoms with E-state index in [4.69, 9.17) is 25.8 Å². The number of aryl methyl sites for hydroxylation is 1. The van der Waals surface area contributed by atoms with Gasteiger partial charge in [0.05, 0.1) is 29.7 Å². The largest absolute Gasteiger partial charge is 0.492 e. The van der Waals surface area contributed by atoms with Crippen LogP contribution < -0.4 is 14.2 Å². The Balaban J connectivity index is 1.71. The number of halogens is 1. The van der Waals surface area contributed by atoms with Crippen LogP contribution in [0.15, 0.2) is 41.3 Å². The topological polar surface area (TPSA) is 65.1 Å². The lowest BCUT2D eigenvalue weighted by Crippen LogP contribution is -2.32. The van der Waals surface area contributed by atoms with E-state index < -0.39 is 0 Å². The quantitative estimate of drug-likeness (QED) is 0.455. The minimum atomic E-state index is -0.356. The van der Waals surface area contributed by atoms with Crippen LogP contribution in [0.3, 0.4) is 0 Å². The number of ether oxygens (including phenoxy) is 3. The number of amides is 2. The summed E-state index contributed by atoms with van der Waals surface area (Å²) in [5.74, 6) is 1.30. The van der Waals surface area contributed by atoms with E-state index in [-0.39, 0.29) is 24.3 Å². The third-order valence-corrected chi connectivity index (χ3v) is 5.58. The molecule has 6 nitrogen and oxygen atoms in total. The number of benzene rings is 2. The molecule has 1 aliphatic rings. The zero-order valence-corrected chi connectivity index (χ0v) is 19.2. The molecule has 0 bridgehead atoms. The molecule has 8 heteroatoms. The molecule has 164 valence electrons. The average Bonchev–Trinajstić information content (AvgIpc) is 2.99. The third kappa shape index (κ3) is 5.74. The highest BCUT2D eigenvalue weighted by Crippen LogP contribution is 2.39. The molecule has 0 aliphatic carbocycles. The number of rotatable bonds is 9. The van der Waals surface area contributed by atoms with Crippen molar-refractivity contribution in [2.75, 3.05) is 26.4 Å². The molecule has 0 radical (unpaired) electrons. The highest BCUT2D eigenvalue weighted by Gasteiger charge is 2.34. The van der Waals surface area contributed by atoms with Gasteiger partial charge in [-0.05, 0) is 68.4 Å². The van der Waals surface area contributed by atoms with E-state index in [0.717, 1.165) is 17.3 Å². The maximum absolute atomic E-state index is 12.7. The first-order valence-corrected chi connectivity index (χ1v) is 11.2. The van der Waals surface area contributed by atoms with Crippen LogP contribution in [-0.2, 0) is 4.79 Å². The molecule has 1 heterocycles. The molecule has 1 saturated heterocycles. The van der Waals surface area contributed by atoms with Gasteiger partial charge in [-0.1, -0.05) is 29.3 Å². The molecule has 1 aliphatic heterocycles. The van der Waals surface area contributed by atoms with Crippen LogP contribution in [0.5, 0.6) is 17.2 Å². The summed E-state index contributed by atoms with van der Waals surface area (Å²) in [5.41, 5.74) is 1.78. The highest BCUT2D eigenvalue weighted by molar-refractivity contribution is 8.18. The normalized spacial score (nSPS) is 15.0. The molecule has 2 amide bonds. The van der Waals surface area contributed by atoms with E-state index in [9.17, 15) is 9.59 Å². The van der Waals surface area contributed by atoms with Gasteiger partial charge in [0.1, 0.15) is 12.4 Å². The van der Waals surface area contributed by atoms with E-state index in [0.29, 0.717) is 46.0 Å². The lowest BCUT2D eigenvalue weighted by molar-refractivity contribution is -0.123. The van der Waals surface area contributed by atoms with Crippen molar-refractivity contribution in [3.05, 3.63) is 57.5 Å². The summed E-state index contributed by atoms with van der Waals surface area (Å²) in [6.07, 6.45) is 1.63. The first-order chi connectivity index (χ1) is 14.9. The zero-order valence-electron chi connectivity index (χ0n) is 17.6. The summed E-state index contributed by atoms with van der Waals surface area (Å²) >= 11 is 7.24. The minimum Gasteiger partial charge on any atom is -0.492 e. The van der Waals surface area contributed by atoms with Crippen LogP contribution in [0.4, 0.5) is 4.79 Å². The third-order valence-electron chi connectivity index (χ3n) is 4.40. The van der Waals surface area contributed by atoms with Gasteiger partial charge in [0.15, 0.2) is 11.5 Å². The van der Waals surface area contributed by atoms with Crippen molar-refractivity contribution >= 4 is 40.6 Å². The number of carbonyl (C=O) groups excluding carboxylic acids is 2. The Morgan fingerprint density at radius 3 is 2.42 bits per heavy atom. The molecule has 0 atom stereocenters. The predicted octanol–water partition coefficient (Wildman–Crippen LogP) is 5.56. The second-order valence-corrected chi connectivity index (χ2v) is 8.09. The molecular formula is C23H24ClNO5S. The number of carbonyl (C=O) groups is 2. The number of nitrogens with zero attached hydrogens (tertiary/aromatic N) is 1. The maximum atomic E-state index is 12.7. The van der Waals surface area contributed by atoms with Crippen molar-refractivity contribution in [1.82, 2.24) is 4.90 Å². The maximum Gasteiger partial charge on any atom is 0.293 e. The molecule has 1 fully saturated rings. The van der Waals surface area contributed by atoms with Crippen molar-refractivity contribution in [2.24, 2.45) is 0 Å². The first-order valence-electron chi connectivity index (χ1n) is 9.96. The van der Waals surface area contributed by atoms with Crippen molar-refractivity contribution in [2.45, 2.75) is 20.8 Å². The summed E-state index contributed by atoms with van der Waals surface area (Å²) in [6, 6.07) is 11.0. The van der Waals surface area contributed by atoms with Crippen LogP contribution in [0.2, 0.25) is 5.02 Å². The number of imide groups is 1. The van der Waals surface area contributed by atoms with Crippen molar-refractivity contribution in [3.8, 4) is 17.2 Å². The predicted molar refractivity (Wildman–Crippen MR) is 123 cm³/mol. The van der Waals surface area contributed by atoms with Gasteiger partial charge in [-0.25, -0.2) is 0 Å². The van der Waals surface area contributed by atoms with Crippen molar-refractivity contribution in [1.29, 1.82) is 0 Å². The Morgan fingerprint density at radius 1 is 1.03 bits per heavy atom. The molecule has 0 spiro atoms. The molecule has 0 aromatic heterocycles. The Hall–Kier alpha value is -2.64. The fourth-order valence-electron chi connectivity index (χ4n) is 2.95. The summed E-state index contributed by atoms with van der Waals surface area (Å²) in [5, 5.41) is 0.0515. The zero-order chi connectivity index (χ0) is 22.4. The molecule has 2 aromatic rings. The van der Waals surface area contributed by atoms with Gasteiger partial charge in [0.25, 0.3) is 11.1 Å². The molecule has 31 heavy (non-hydrogen) atoms. The molecule has 3 rings (SSSR count). The van der Waals surface area contributed by atoms with Crippen LogP contribution >= 0.6 is 23.4 Å². The SMILES string of the molecule is CCOc1cc(/C=C2\SC(=O)N(CCOc3ccc(C)cc3)C2=O)cc(Cl)c1OCC. The van der Waals surface area contributed by atoms with Gasteiger partial charge in [0, 0.05) is 0 Å². The van der Waals surface area contributed by atoms with Crippen molar-refractivity contribution < 1.29 is 23.8 Å². The number of hydrogen-bond donors (Lipinski definition) is 0. The number of hydrogen-bond acceptors (Lipinski definition) is 6. The first kappa shape index (κ1) is 23.0. The lowest BCUT2D eigenvalue weighted by Gasteiger charge is -2.14. The van der Waals surface area contributed by atoms with E-state index in [1.165, 1.54) is 4.90 Å². The van der Waals surface area contributed by atoms with Gasteiger partial charge < -0.3 is 14.2 Å². The van der Waals surface area contributed by atoms with Gasteiger partial charge in [0.2, 0.25) is 0 Å². The van der Waals surface area contributed by atoms with Crippen LogP contribution in [0, 0.1) is 6.92 Å². The smallest absolute Gasteiger partial charge is 0.293 e. The Kier molecular flexibility index (Phi) is 7.87. The fraction of sp³-hybridized carbons (Fsp3) is 0.304. The van der Waals surface area contributed by atoms with E-state index in [1.54, 1.807) is 18.2 Å². The second kappa shape index (κ2) is 10.6. The minimum absolute atomic E-state index is 0.171. The van der Waals surface area contributed by atoms with Crippen LogP contribution in [-0.4, -0.2) is 42.4 Å². The highest BCUT2D eigenvalue weighted by atomic mass is 35.5.